The molecule has 0 spiro atoms. The van der Waals surface area contributed by atoms with E-state index in [4.69, 9.17) is 27.1 Å². The van der Waals surface area contributed by atoms with Gasteiger partial charge < -0.3 is 10.2 Å². The lowest BCUT2D eigenvalue weighted by Gasteiger charge is -2.17. The van der Waals surface area contributed by atoms with Crippen LogP contribution in [0.25, 0.3) is 0 Å². The van der Waals surface area contributed by atoms with E-state index in [9.17, 15) is 14.0 Å². The van der Waals surface area contributed by atoms with E-state index in [0.29, 0.717) is 85.1 Å². The van der Waals surface area contributed by atoms with Gasteiger partial charge in [0.05, 0.1) is 24.0 Å². The first-order chi connectivity index (χ1) is 30.1. The molecule has 0 aliphatic heterocycles. The minimum Gasteiger partial charge on any atom is -0.481 e. The Balaban J connectivity index is 0.000000389. The molecular weight excluding hydrogens is 865 g/mol. The quantitative estimate of drug-likeness (QED) is 0.269. The molecule has 0 aromatic carbocycles. The fraction of sp³-hybridized carbons (Fsp3) is 0.951. The van der Waals surface area contributed by atoms with Crippen molar-refractivity contribution in [1.82, 2.24) is 0 Å². The number of hydrogen-bond donors (Lipinski definition) is 2. The number of alkyl halides is 2. The number of carboxylic acids is 1. The summed E-state index contributed by atoms with van der Waals surface area (Å²) in [5.41, 5.74) is 3.07. The number of nitriles is 1. The lowest BCUT2D eigenvalue weighted by atomic mass is 9.88. The van der Waals surface area contributed by atoms with E-state index in [1.54, 1.807) is 6.92 Å². The second-order valence-electron chi connectivity index (χ2n) is 31.6. The summed E-state index contributed by atoms with van der Waals surface area (Å²) in [6.45, 7) is 57.1. The van der Waals surface area contributed by atoms with Gasteiger partial charge in [0.1, 0.15) is 12.0 Å². The monoisotopic (exact) mass is 978 g/mol. The first-order valence-electron chi connectivity index (χ1n) is 27.2. The number of halogens is 2. The average molecular weight is 979 g/mol. The second kappa shape index (κ2) is 23.8. The summed E-state index contributed by atoms with van der Waals surface area (Å²) >= 11 is 5.84. The van der Waals surface area contributed by atoms with Gasteiger partial charge in [-0.3, -0.25) is 9.59 Å². The third-order valence-electron chi connectivity index (χ3n) is 16.3. The Labute approximate surface area is 426 Å². The molecule has 8 fully saturated rings. The topological polar surface area (TPSA) is 98.4 Å². The first-order valence-corrected chi connectivity index (χ1v) is 27.6. The van der Waals surface area contributed by atoms with Gasteiger partial charge in [-0.15, -0.1) is 11.6 Å². The molecule has 400 valence electrons. The smallest absolute Gasteiger partial charge is 0.306 e. The third kappa shape index (κ3) is 25.5. The van der Waals surface area contributed by atoms with E-state index in [1.165, 1.54) is 25.7 Å². The van der Waals surface area contributed by atoms with Crippen LogP contribution in [0.4, 0.5) is 4.39 Å². The largest absolute Gasteiger partial charge is 0.481 e. The van der Waals surface area contributed by atoms with Crippen LogP contribution in [0, 0.1) is 126 Å². The van der Waals surface area contributed by atoms with Crippen molar-refractivity contribution in [2.45, 2.75) is 255 Å². The summed E-state index contributed by atoms with van der Waals surface area (Å²) in [5.74, 6) is 6.96. The summed E-state index contributed by atoms with van der Waals surface area (Å²) in [6, 6.07) is 2.30. The highest BCUT2D eigenvalue weighted by molar-refractivity contribution is 6.22. The Morgan fingerprint density at radius 3 is 0.868 bits per heavy atom. The molecule has 2 N–H and O–H groups in total. The molecule has 8 aliphatic rings. The number of aliphatic hydroxyl groups excluding tert-OH is 1. The van der Waals surface area contributed by atoms with Crippen LogP contribution in [0.15, 0.2) is 0 Å². The molecule has 68 heavy (non-hydrogen) atoms. The van der Waals surface area contributed by atoms with Crippen molar-refractivity contribution in [3.05, 3.63) is 0 Å². The van der Waals surface area contributed by atoms with E-state index in [2.05, 4.69) is 179 Å². The number of ketones is 1. The Hall–Kier alpha value is -1.19. The van der Waals surface area contributed by atoms with Crippen molar-refractivity contribution in [3.8, 4) is 6.07 Å². The Kier molecular flexibility index (Phi) is 22.7. The van der Waals surface area contributed by atoms with Crippen LogP contribution in [-0.4, -0.2) is 39.6 Å². The molecule has 14 unspecified atom stereocenters. The second-order valence-corrected chi connectivity index (χ2v) is 32.1. The molecule has 0 aromatic heterocycles. The summed E-state index contributed by atoms with van der Waals surface area (Å²) in [5, 5.41) is 26.5. The minimum absolute atomic E-state index is 0.00926. The number of carbonyl (C=O) groups is 2. The predicted molar refractivity (Wildman–Crippen MR) is 289 cm³/mol. The maximum atomic E-state index is 12.3. The van der Waals surface area contributed by atoms with E-state index in [1.807, 2.05) is 0 Å². The lowest BCUT2D eigenvalue weighted by Crippen LogP contribution is -2.12. The van der Waals surface area contributed by atoms with Crippen LogP contribution >= 0.6 is 11.6 Å². The SMILES string of the molecule is CC(=O)C1CC1C(C)(C)C.CC(C)(C)C1CC1.CC(C)(C)C1CC1C#N.CC(C)(C)C1CC1C(=O)O.CC(C)(C)C1CC1Cl.CC(C)(C)C1CC1F.CC(C)(C)C1CC1O.CC1CC1C(C)(C)C. The zero-order valence-corrected chi connectivity index (χ0v) is 50.2. The number of carboxylic acid groups (broad SMARTS) is 1. The fourth-order valence-electron chi connectivity index (χ4n) is 10.0. The molecule has 14 atom stereocenters. The van der Waals surface area contributed by atoms with Gasteiger partial charge in [-0.05, 0) is 161 Å². The number of Topliss-reactive ketones (excluding diaryl/α,β-unsaturated/α-hetero) is 1. The number of hydrogen-bond acceptors (Lipinski definition) is 4. The average Bonchev–Trinajstić information content (AvgIpc) is 3.91. The molecule has 8 saturated carbocycles. The van der Waals surface area contributed by atoms with Crippen LogP contribution in [0.5, 0.6) is 0 Å². The van der Waals surface area contributed by atoms with Crippen molar-refractivity contribution >= 4 is 23.4 Å². The maximum absolute atomic E-state index is 12.3. The molecular formula is C61H113ClFNO4. The van der Waals surface area contributed by atoms with E-state index >= 15 is 0 Å². The fourth-order valence-corrected chi connectivity index (χ4v) is 10.6. The van der Waals surface area contributed by atoms with Crippen LogP contribution in [-0.2, 0) is 9.59 Å². The van der Waals surface area contributed by atoms with Crippen molar-refractivity contribution in [2.75, 3.05) is 0 Å². The molecule has 8 rings (SSSR count). The van der Waals surface area contributed by atoms with Crippen LogP contribution in [0.2, 0.25) is 0 Å². The number of aliphatic carboxylic acids is 1. The van der Waals surface area contributed by atoms with E-state index in [0.717, 1.165) is 55.8 Å². The number of nitrogens with zero attached hydrogens (tertiary/aromatic N) is 1. The van der Waals surface area contributed by atoms with Crippen molar-refractivity contribution in [2.24, 2.45) is 114 Å². The van der Waals surface area contributed by atoms with Gasteiger partial charge in [0.25, 0.3) is 0 Å². The highest BCUT2D eigenvalue weighted by Crippen LogP contribution is 2.53. The molecule has 5 nitrogen and oxygen atoms in total. The summed E-state index contributed by atoms with van der Waals surface area (Å²) in [4.78, 5) is 21.3. The zero-order valence-electron chi connectivity index (χ0n) is 49.4. The van der Waals surface area contributed by atoms with Gasteiger partial charge in [-0.2, -0.15) is 5.26 Å². The Morgan fingerprint density at radius 2 is 0.824 bits per heavy atom. The summed E-state index contributed by atoms with van der Waals surface area (Å²) < 4.78 is 12.3. The molecule has 0 saturated heterocycles. The standard InChI is InChI=1S/C9H16O.C8H13N.C8H14O2.C8H16.C7H13Cl.C7H13F.C7H14O.C7H14/c1-6(10)7-5-8(7)9(2,3)4;1-8(2,3)7-4-6(7)5-9;1-8(2,3)6-4-5(6)7(9)10;1-6-5-7(6)8(2,3)4;3*1-7(2,3)5-4-6(5)8;1-7(2,3)6-4-5-6/h7-8H,5H2,1-4H3;6-7H,4H2,1-3H3;5-6H,4H2,1-3H3,(H,9,10);6-7H,5H2,1-4H3;2*5-6H,4H2,1-3H3;5-6,8H,4H2,1-3H3;6H,4-5H2,1-3H3. The van der Waals surface area contributed by atoms with E-state index < -0.39 is 12.1 Å². The van der Waals surface area contributed by atoms with Gasteiger partial charge in [-0.1, -0.05) is 173 Å². The lowest BCUT2D eigenvalue weighted by molar-refractivity contribution is -0.139. The highest BCUT2D eigenvalue weighted by Gasteiger charge is 2.50. The van der Waals surface area contributed by atoms with Gasteiger partial charge >= 0.3 is 5.97 Å². The number of rotatable bonds is 2. The van der Waals surface area contributed by atoms with Crippen molar-refractivity contribution in [3.63, 3.8) is 0 Å². The van der Waals surface area contributed by atoms with Gasteiger partial charge in [-0.25, -0.2) is 4.39 Å². The number of aliphatic hydroxyl groups is 1. The highest BCUT2D eigenvalue weighted by atomic mass is 35.5. The van der Waals surface area contributed by atoms with Crippen LogP contribution < -0.4 is 0 Å². The predicted octanol–water partition coefficient (Wildman–Crippen LogP) is 17.8. The first kappa shape index (κ1) is 64.8. The normalized spacial score (nSPS) is 33.8. The molecule has 0 heterocycles. The molecule has 0 amide bonds. The zero-order chi connectivity index (χ0) is 53.9. The van der Waals surface area contributed by atoms with E-state index in [-0.39, 0.29) is 22.9 Å². The molecule has 0 bridgehead atoms. The van der Waals surface area contributed by atoms with Gasteiger partial charge in [0.15, 0.2) is 0 Å². The molecule has 0 radical (unpaired) electrons. The maximum Gasteiger partial charge on any atom is 0.306 e. The van der Waals surface area contributed by atoms with Crippen LogP contribution in [0.3, 0.4) is 0 Å². The molecule has 8 aliphatic carbocycles. The molecule has 7 heteroatoms. The molecule has 0 aromatic rings. The summed E-state index contributed by atoms with van der Waals surface area (Å²) in [6.07, 6.45) is 10.1. The van der Waals surface area contributed by atoms with Gasteiger partial charge in [0, 0.05) is 11.3 Å². The van der Waals surface area contributed by atoms with Crippen molar-refractivity contribution < 1.29 is 24.2 Å². The third-order valence-corrected chi connectivity index (χ3v) is 16.7. The number of carbonyl (C=O) groups excluding carboxylic acids is 1. The summed E-state index contributed by atoms with van der Waals surface area (Å²) in [7, 11) is 0. The Morgan fingerprint density at radius 1 is 0.500 bits per heavy atom. The minimum atomic E-state index is -0.625. The van der Waals surface area contributed by atoms with Gasteiger partial charge in [0.2, 0.25) is 0 Å². The Bertz CT molecular complexity index is 1460. The van der Waals surface area contributed by atoms with Crippen LogP contribution in [0.1, 0.15) is 238 Å². The van der Waals surface area contributed by atoms with Crippen molar-refractivity contribution in [1.29, 1.82) is 5.26 Å².